The van der Waals surface area contributed by atoms with Gasteiger partial charge in [-0.15, -0.1) is 0 Å². The summed E-state index contributed by atoms with van der Waals surface area (Å²) in [5, 5.41) is 5.37. The van der Waals surface area contributed by atoms with E-state index >= 15 is 0 Å². The van der Waals surface area contributed by atoms with Crippen LogP contribution in [-0.4, -0.2) is 36.1 Å². The Kier molecular flexibility index (Phi) is 10.6. The maximum absolute atomic E-state index is 12.7. The highest BCUT2D eigenvalue weighted by Gasteiger charge is 2.24. The third kappa shape index (κ3) is 9.70. The van der Waals surface area contributed by atoms with Crippen molar-refractivity contribution in [2.45, 2.75) is 44.7 Å². The summed E-state index contributed by atoms with van der Waals surface area (Å²) < 4.78 is 5.23. The SMILES string of the molecule is CC(C)C[C@H](NC(=O)OCc1ccccc1)C(=O)NC(C=O)CSCc1ccccc1. The van der Waals surface area contributed by atoms with Crippen LogP contribution in [0.15, 0.2) is 60.7 Å². The number of rotatable bonds is 12. The third-order valence-corrected chi connectivity index (χ3v) is 5.56. The molecule has 0 aromatic heterocycles. The Bertz CT molecular complexity index is 815. The monoisotopic (exact) mass is 442 g/mol. The number of hydrogen-bond acceptors (Lipinski definition) is 5. The van der Waals surface area contributed by atoms with Gasteiger partial charge in [0.1, 0.15) is 18.9 Å². The average molecular weight is 443 g/mol. The molecule has 2 aromatic rings. The summed E-state index contributed by atoms with van der Waals surface area (Å²) in [6.45, 7) is 4.05. The van der Waals surface area contributed by atoms with Crippen molar-refractivity contribution in [2.75, 3.05) is 5.75 Å². The number of amides is 2. The van der Waals surface area contributed by atoms with Gasteiger partial charge in [-0.25, -0.2) is 4.79 Å². The van der Waals surface area contributed by atoms with Crippen LogP contribution in [0, 0.1) is 5.92 Å². The molecule has 2 amide bonds. The molecular weight excluding hydrogens is 412 g/mol. The van der Waals surface area contributed by atoms with Crippen molar-refractivity contribution in [1.82, 2.24) is 10.6 Å². The molecule has 0 fully saturated rings. The Balaban J connectivity index is 1.84. The summed E-state index contributed by atoms with van der Waals surface area (Å²) in [6, 6.07) is 17.8. The van der Waals surface area contributed by atoms with Crippen LogP contribution in [0.2, 0.25) is 0 Å². The van der Waals surface area contributed by atoms with Crippen LogP contribution >= 0.6 is 11.8 Å². The summed E-state index contributed by atoms with van der Waals surface area (Å²) in [5.41, 5.74) is 2.02. The van der Waals surface area contributed by atoms with Gasteiger partial charge in [0.05, 0.1) is 6.04 Å². The number of benzene rings is 2. The summed E-state index contributed by atoms with van der Waals surface area (Å²) in [5.74, 6) is 0.993. The molecule has 0 aliphatic heterocycles. The van der Waals surface area contributed by atoms with E-state index in [-0.39, 0.29) is 18.4 Å². The molecule has 6 nitrogen and oxygen atoms in total. The van der Waals surface area contributed by atoms with Gasteiger partial charge < -0.3 is 20.2 Å². The van der Waals surface area contributed by atoms with Crippen LogP contribution < -0.4 is 10.6 Å². The number of nitrogens with one attached hydrogen (secondary N) is 2. The summed E-state index contributed by atoms with van der Waals surface area (Å²) >= 11 is 1.57. The molecule has 0 aliphatic carbocycles. The highest BCUT2D eigenvalue weighted by Crippen LogP contribution is 2.13. The first kappa shape index (κ1) is 24.5. The average Bonchev–Trinajstić information content (AvgIpc) is 2.77. The number of carbonyl (C=O) groups excluding carboxylic acids is 3. The third-order valence-electron chi connectivity index (χ3n) is 4.43. The predicted molar refractivity (Wildman–Crippen MR) is 124 cm³/mol. The van der Waals surface area contributed by atoms with Gasteiger partial charge in [-0.1, -0.05) is 74.5 Å². The lowest BCUT2D eigenvalue weighted by atomic mass is 10.0. The van der Waals surface area contributed by atoms with E-state index < -0.39 is 18.2 Å². The largest absolute Gasteiger partial charge is 0.445 e. The van der Waals surface area contributed by atoms with Crippen molar-refractivity contribution in [3.05, 3.63) is 71.8 Å². The van der Waals surface area contributed by atoms with E-state index in [1.54, 1.807) is 11.8 Å². The van der Waals surface area contributed by atoms with Crippen molar-refractivity contribution in [3.8, 4) is 0 Å². The van der Waals surface area contributed by atoms with Crippen LogP contribution in [0.1, 0.15) is 31.4 Å². The Hall–Kier alpha value is -2.80. The molecule has 31 heavy (non-hydrogen) atoms. The minimum Gasteiger partial charge on any atom is -0.445 e. The first-order valence-electron chi connectivity index (χ1n) is 10.3. The van der Waals surface area contributed by atoms with Crippen LogP contribution in [0.4, 0.5) is 4.79 Å². The van der Waals surface area contributed by atoms with E-state index in [1.807, 2.05) is 74.5 Å². The normalized spacial score (nSPS) is 12.6. The topological polar surface area (TPSA) is 84.5 Å². The second-order valence-corrected chi connectivity index (χ2v) is 8.67. The molecule has 0 heterocycles. The first-order chi connectivity index (χ1) is 15.0. The van der Waals surface area contributed by atoms with Crippen molar-refractivity contribution >= 4 is 30.0 Å². The number of aldehydes is 1. The van der Waals surface area contributed by atoms with Crippen molar-refractivity contribution in [1.29, 1.82) is 0 Å². The lowest BCUT2D eigenvalue weighted by molar-refractivity contribution is -0.125. The fourth-order valence-electron chi connectivity index (χ4n) is 2.89. The zero-order chi connectivity index (χ0) is 22.5. The molecule has 0 radical (unpaired) electrons. The van der Waals surface area contributed by atoms with E-state index in [0.717, 1.165) is 23.2 Å². The molecule has 0 spiro atoms. The zero-order valence-electron chi connectivity index (χ0n) is 18.0. The van der Waals surface area contributed by atoms with Gasteiger partial charge >= 0.3 is 6.09 Å². The Morgan fingerprint density at radius 2 is 1.58 bits per heavy atom. The quantitative estimate of drug-likeness (QED) is 0.486. The van der Waals surface area contributed by atoms with Gasteiger partial charge in [0, 0.05) is 11.5 Å². The molecule has 7 heteroatoms. The van der Waals surface area contributed by atoms with E-state index in [1.165, 1.54) is 0 Å². The molecule has 2 N–H and O–H groups in total. The minimum atomic E-state index is -0.773. The molecule has 2 aromatic carbocycles. The number of alkyl carbamates (subject to hydrolysis) is 1. The molecule has 0 bridgehead atoms. The molecule has 0 saturated carbocycles. The van der Waals surface area contributed by atoms with Crippen molar-refractivity contribution in [2.24, 2.45) is 5.92 Å². The van der Waals surface area contributed by atoms with Crippen LogP contribution in [0.25, 0.3) is 0 Å². The van der Waals surface area contributed by atoms with Crippen molar-refractivity contribution < 1.29 is 19.1 Å². The zero-order valence-corrected chi connectivity index (χ0v) is 18.8. The maximum Gasteiger partial charge on any atom is 0.408 e. The molecule has 0 aliphatic rings. The smallest absolute Gasteiger partial charge is 0.408 e. The van der Waals surface area contributed by atoms with E-state index in [4.69, 9.17) is 4.74 Å². The van der Waals surface area contributed by atoms with Crippen LogP contribution in [0.5, 0.6) is 0 Å². The van der Waals surface area contributed by atoms with Crippen LogP contribution in [-0.2, 0) is 26.7 Å². The Morgan fingerprint density at radius 3 is 2.16 bits per heavy atom. The number of hydrogen-bond donors (Lipinski definition) is 2. The van der Waals surface area contributed by atoms with Gasteiger partial charge in [-0.3, -0.25) is 4.79 Å². The van der Waals surface area contributed by atoms with E-state index in [2.05, 4.69) is 10.6 Å². The number of carbonyl (C=O) groups is 3. The highest BCUT2D eigenvalue weighted by atomic mass is 32.2. The van der Waals surface area contributed by atoms with Gasteiger partial charge in [0.2, 0.25) is 5.91 Å². The lowest BCUT2D eigenvalue weighted by Crippen LogP contribution is -2.51. The van der Waals surface area contributed by atoms with E-state index in [0.29, 0.717) is 12.2 Å². The molecule has 1 unspecified atom stereocenters. The summed E-state index contributed by atoms with van der Waals surface area (Å²) in [7, 11) is 0. The minimum absolute atomic E-state index is 0.121. The van der Waals surface area contributed by atoms with Crippen LogP contribution in [0.3, 0.4) is 0 Å². The molecule has 166 valence electrons. The summed E-state index contributed by atoms with van der Waals surface area (Å²) in [4.78, 5) is 36.4. The standard InChI is InChI=1S/C24H30N2O4S/c1-18(2)13-22(26-24(29)30-15-19-9-5-3-6-10-19)23(28)25-21(14-27)17-31-16-20-11-7-4-8-12-20/h3-12,14,18,21-22H,13,15-17H2,1-2H3,(H,25,28)(H,26,29)/t21?,22-/m0/s1. The molecule has 2 rings (SSSR count). The predicted octanol–water partition coefficient (Wildman–Crippen LogP) is 3.94. The van der Waals surface area contributed by atoms with Gasteiger partial charge in [-0.05, 0) is 23.5 Å². The molecule has 2 atom stereocenters. The van der Waals surface area contributed by atoms with Gasteiger partial charge in [-0.2, -0.15) is 11.8 Å². The molecular formula is C24H30N2O4S. The van der Waals surface area contributed by atoms with E-state index in [9.17, 15) is 14.4 Å². The second-order valence-electron chi connectivity index (χ2n) is 7.64. The Morgan fingerprint density at radius 1 is 0.968 bits per heavy atom. The fraction of sp³-hybridized carbons (Fsp3) is 0.375. The van der Waals surface area contributed by atoms with Gasteiger partial charge in [0.25, 0.3) is 0 Å². The fourth-order valence-corrected chi connectivity index (χ4v) is 3.85. The lowest BCUT2D eigenvalue weighted by Gasteiger charge is -2.22. The number of ether oxygens (including phenoxy) is 1. The Labute approximate surface area is 188 Å². The first-order valence-corrected chi connectivity index (χ1v) is 11.5. The van der Waals surface area contributed by atoms with Crippen molar-refractivity contribution in [3.63, 3.8) is 0 Å². The second kappa shape index (κ2) is 13.5. The molecule has 0 saturated heterocycles. The van der Waals surface area contributed by atoms with Gasteiger partial charge in [0.15, 0.2) is 0 Å². The maximum atomic E-state index is 12.7. The summed E-state index contributed by atoms with van der Waals surface area (Å²) in [6.07, 6.45) is 0.510. The number of thioether (sulfide) groups is 1. The highest BCUT2D eigenvalue weighted by molar-refractivity contribution is 7.98.